The van der Waals surface area contributed by atoms with Gasteiger partial charge in [-0.1, -0.05) is 60.7 Å². The number of fused-ring (bicyclic) bond motifs is 1. The Morgan fingerprint density at radius 3 is 2.46 bits per heavy atom. The Labute approximate surface area is 218 Å². The van der Waals surface area contributed by atoms with Crippen LogP contribution >= 0.6 is 0 Å². The van der Waals surface area contributed by atoms with Gasteiger partial charge in [0.05, 0.1) is 6.04 Å². The minimum atomic E-state index is -0.233. The van der Waals surface area contributed by atoms with Gasteiger partial charge in [-0.05, 0) is 48.7 Å². The highest BCUT2D eigenvalue weighted by Gasteiger charge is 2.23. The number of nitrogens with zero attached hydrogens (tertiary/aromatic N) is 4. The predicted octanol–water partition coefficient (Wildman–Crippen LogP) is 4.71. The first-order valence-corrected chi connectivity index (χ1v) is 12.8. The Hall–Kier alpha value is -3.97. The summed E-state index contributed by atoms with van der Waals surface area (Å²) in [7, 11) is 0. The summed E-state index contributed by atoms with van der Waals surface area (Å²) in [4.78, 5) is 15.3. The average molecular weight is 496 g/mol. The zero-order valence-corrected chi connectivity index (χ0v) is 21.4. The van der Waals surface area contributed by atoms with Gasteiger partial charge in [0.2, 0.25) is 0 Å². The average Bonchev–Trinajstić information content (AvgIpc) is 3.23. The van der Waals surface area contributed by atoms with Crippen LogP contribution in [0, 0.1) is 6.92 Å². The van der Waals surface area contributed by atoms with Crippen LogP contribution in [0.1, 0.15) is 51.7 Å². The van der Waals surface area contributed by atoms with E-state index in [1.54, 1.807) is 0 Å². The molecule has 0 radical (unpaired) electrons. The monoisotopic (exact) mass is 495 g/mol. The van der Waals surface area contributed by atoms with E-state index in [9.17, 15) is 4.79 Å². The van der Waals surface area contributed by atoms with Gasteiger partial charge >= 0.3 is 0 Å². The Morgan fingerprint density at radius 1 is 0.919 bits per heavy atom. The van der Waals surface area contributed by atoms with Crippen LogP contribution in [0.5, 0.6) is 5.75 Å². The summed E-state index contributed by atoms with van der Waals surface area (Å²) in [6.45, 7) is 7.95. The van der Waals surface area contributed by atoms with Gasteiger partial charge in [-0.2, -0.15) is 0 Å². The van der Waals surface area contributed by atoms with Crippen LogP contribution in [0.3, 0.4) is 0 Å². The summed E-state index contributed by atoms with van der Waals surface area (Å²) in [5, 5.41) is 12.0. The number of amides is 1. The third kappa shape index (κ3) is 6.06. The van der Waals surface area contributed by atoms with Crippen molar-refractivity contribution in [2.75, 3.05) is 13.1 Å². The lowest BCUT2D eigenvalue weighted by Gasteiger charge is -2.20. The van der Waals surface area contributed by atoms with Gasteiger partial charge in [0.15, 0.2) is 5.82 Å². The molecule has 1 N–H and O–H groups in total. The molecule has 0 saturated heterocycles. The SMILES string of the molecule is Cc1ccccc1C(=O)N[C@@H](C)c1nnc2n1CCN(Cc1ccc(OCc3ccccc3)cc1)CC2. The molecule has 1 aliphatic heterocycles. The van der Waals surface area contributed by atoms with E-state index in [0.29, 0.717) is 12.2 Å². The van der Waals surface area contributed by atoms with Gasteiger partial charge < -0.3 is 14.6 Å². The van der Waals surface area contributed by atoms with E-state index in [0.717, 1.165) is 61.1 Å². The molecule has 0 aliphatic carbocycles. The molecule has 3 aromatic carbocycles. The Balaban J connectivity index is 1.16. The highest BCUT2D eigenvalue weighted by Crippen LogP contribution is 2.19. The van der Waals surface area contributed by atoms with Crippen molar-refractivity contribution in [2.24, 2.45) is 0 Å². The molecule has 1 atom stereocenters. The second-order valence-electron chi connectivity index (χ2n) is 9.58. The van der Waals surface area contributed by atoms with Gasteiger partial charge in [-0.15, -0.1) is 10.2 Å². The van der Waals surface area contributed by atoms with E-state index < -0.39 is 0 Å². The summed E-state index contributed by atoms with van der Waals surface area (Å²) >= 11 is 0. The maximum Gasteiger partial charge on any atom is 0.252 e. The highest BCUT2D eigenvalue weighted by molar-refractivity contribution is 5.95. The zero-order chi connectivity index (χ0) is 25.6. The van der Waals surface area contributed by atoms with Crippen molar-refractivity contribution in [3.8, 4) is 5.75 Å². The minimum absolute atomic E-state index is 0.0885. The third-order valence-electron chi connectivity index (χ3n) is 6.85. The number of carbonyl (C=O) groups is 1. The van der Waals surface area contributed by atoms with E-state index >= 15 is 0 Å². The number of carbonyl (C=O) groups excluding carboxylic acids is 1. The number of aryl methyl sites for hydroxylation is 1. The number of rotatable bonds is 8. The molecule has 2 heterocycles. The summed E-state index contributed by atoms with van der Waals surface area (Å²) in [5.41, 5.74) is 4.06. The van der Waals surface area contributed by atoms with E-state index in [4.69, 9.17) is 4.74 Å². The summed E-state index contributed by atoms with van der Waals surface area (Å²) in [6.07, 6.45) is 0.823. The lowest BCUT2D eigenvalue weighted by molar-refractivity contribution is 0.0937. The van der Waals surface area contributed by atoms with E-state index in [-0.39, 0.29) is 11.9 Å². The standard InChI is InChI=1S/C30H33N5O2/c1-22-8-6-7-11-27(22)30(36)31-23(2)29-33-32-28-16-17-34(18-19-35(28)29)20-24-12-14-26(15-13-24)37-21-25-9-4-3-5-10-25/h3-15,23H,16-21H2,1-2H3,(H,31,36)/t23-/m0/s1. The molecule has 37 heavy (non-hydrogen) atoms. The smallest absolute Gasteiger partial charge is 0.252 e. The third-order valence-corrected chi connectivity index (χ3v) is 6.85. The fraction of sp³-hybridized carbons (Fsp3) is 0.300. The molecule has 0 bridgehead atoms. The molecular weight excluding hydrogens is 462 g/mol. The van der Waals surface area contributed by atoms with Crippen LogP contribution in [0.25, 0.3) is 0 Å². The maximum atomic E-state index is 12.8. The van der Waals surface area contributed by atoms with Gasteiger partial charge in [0.25, 0.3) is 5.91 Å². The molecule has 1 aliphatic rings. The van der Waals surface area contributed by atoms with Crippen molar-refractivity contribution < 1.29 is 9.53 Å². The summed E-state index contributed by atoms with van der Waals surface area (Å²) < 4.78 is 8.09. The van der Waals surface area contributed by atoms with Crippen LogP contribution < -0.4 is 10.1 Å². The first-order chi connectivity index (χ1) is 18.1. The van der Waals surface area contributed by atoms with E-state index in [1.165, 1.54) is 5.56 Å². The Kier molecular flexibility index (Phi) is 7.61. The molecule has 1 amide bonds. The highest BCUT2D eigenvalue weighted by atomic mass is 16.5. The van der Waals surface area contributed by atoms with Crippen molar-refractivity contribution in [2.45, 2.75) is 46.0 Å². The number of ether oxygens (including phenoxy) is 1. The van der Waals surface area contributed by atoms with Gasteiger partial charge in [0.1, 0.15) is 18.2 Å². The van der Waals surface area contributed by atoms with Crippen LogP contribution in [-0.2, 0) is 26.1 Å². The van der Waals surface area contributed by atoms with Gasteiger partial charge in [0, 0.05) is 38.2 Å². The molecule has 0 spiro atoms. The van der Waals surface area contributed by atoms with Gasteiger partial charge in [-0.3, -0.25) is 9.69 Å². The Morgan fingerprint density at radius 2 is 1.68 bits per heavy atom. The molecule has 0 fully saturated rings. The summed E-state index contributed by atoms with van der Waals surface area (Å²) in [6, 6.07) is 25.9. The predicted molar refractivity (Wildman–Crippen MR) is 143 cm³/mol. The van der Waals surface area contributed by atoms with Crippen molar-refractivity contribution >= 4 is 5.91 Å². The quantitative estimate of drug-likeness (QED) is 0.383. The molecule has 7 nitrogen and oxygen atoms in total. The minimum Gasteiger partial charge on any atom is -0.489 e. The number of aromatic nitrogens is 3. The number of hydrogen-bond donors (Lipinski definition) is 1. The maximum absolute atomic E-state index is 12.8. The molecule has 7 heteroatoms. The number of benzene rings is 3. The lowest BCUT2D eigenvalue weighted by Crippen LogP contribution is -2.30. The van der Waals surface area contributed by atoms with Crippen molar-refractivity contribution in [1.29, 1.82) is 0 Å². The molecule has 5 rings (SSSR count). The molecular formula is C30H33N5O2. The molecule has 4 aromatic rings. The van der Waals surface area contributed by atoms with Crippen LogP contribution in [0.15, 0.2) is 78.9 Å². The largest absolute Gasteiger partial charge is 0.489 e. The fourth-order valence-electron chi connectivity index (χ4n) is 4.72. The van der Waals surface area contributed by atoms with Crippen LogP contribution in [0.2, 0.25) is 0 Å². The topological polar surface area (TPSA) is 72.3 Å². The van der Waals surface area contributed by atoms with Crippen LogP contribution in [0.4, 0.5) is 0 Å². The summed E-state index contributed by atoms with van der Waals surface area (Å²) in [5.74, 6) is 2.56. The second-order valence-corrected chi connectivity index (χ2v) is 9.58. The first kappa shape index (κ1) is 24.7. The second kappa shape index (κ2) is 11.4. The lowest BCUT2D eigenvalue weighted by atomic mass is 10.1. The number of nitrogens with one attached hydrogen (secondary N) is 1. The normalized spacial score (nSPS) is 14.4. The fourth-order valence-corrected chi connectivity index (χ4v) is 4.72. The zero-order valence-electron chi connectivity index (χ0n) is 21.4. The van der Waals surface area contributed by atoms with Gasteiger partial charge in [-0.25, -0.2) is 0 Å². The first-order valence-electron chi connectivity index (χ1n) is 12.8. The molecule has 0 unspecified atom stereocenters. The van der Waals surface area contributed by atoms with Crippen molar-refractivity contribution in [3.63, 3.8) is 0 Å². The van der Waals surface area contributed by atoms with Crippen molar-refractivity contribution in [1.82, 2.24) is 25.0 Å². The molecule has 1 aromatic heterocycles. The molecule has 0 saturated carbocycles. The van der Waals surface area contributed by atoms with E-state index in [1.807, 2.05) is 68.4 Å². The molecule has 190 valence electrons. The van der Waals surface area contributed by atoms with Crippen molar-refractivity contribution in [3.05, 3.63) is 113 Å². The number of hydrogen-bond acceptors (Lipinski definition) is 5. The van der Waals surface area contributed by atoms with E-state index in [2.05, 4.69) is 49.2 Å². The Bertz CT molecular complexity index is 1330. The van der Waals surface area contributed by atoms with Crippen LogP contribution in [-0.4, -0.2) is 38.7 Å².